The molecule has 0 amide bonds. The van der Waals surface area contributed by atoms with Crippen molar-refractivity contribution in [2.24, 2.45) is 0 Å². The molecule has 0 radical (unpaired) electrons. The Bertz CT molecular complexity index is 4020. The third-order valence-electron chi connectivity index (χ3n) is 14.8. The molecule has 0 fully saturated rings. The van der Waals surface area contributed by atoms with Crippen LogP contribution in [0.3, 0.4) is 0 Å². The number of carbonyl (C=O) groups is 3. The normalized spacial score (nSPS) is 15.2. The van der Waals surface area contributed by atoms with Crippen molar-refractivity contribution in [1.82, 2.24) is 0 Å². The van der Waals surface area contributed by atoms with E-state index in [-0.39, 0.29) is 39.6 Å². The van der Waals surface area contributed by atoms with E-state index in [1.54, 1.807) is 84.9 Å². The number of hydrogen-bond acceptors (Lipinski definition) is 3. The van der Waals surface area contributed by atoms with Gasteiger partial charge in [0, 0.05) is 66.8 Å². The summed E-state index contributed by atoms with van der Waals surface area (Å²) in [7, 11) is 0. The first-order chi connectivity index (χ1) is 36.2. The third-order valence-corrected chi connectivity index (χ3v) is 14.8. The van der Waals surface area contributed by atoms with Gasteiger partial charge in [0.15, 0.2) is 17.3 Å². The largest absolute Gasteiger partial charge is 0.299 e. The van der Waals surface area contributed by atoms with Gasteiger partial charge in [0.1, 0.15) is 0 Å². The van der Waals surface area contributed by atoms with Gasteiger partial charge in [-0.25, -0.2) is 0 Å². The van der Waals surface area contributed by atoms with Crippen LogP contribution in [0.2, 0.25) is 0 Å². The number of hydrogen-bond donors (Lipinski definition) is 0. The zero-order valence-electron chi connectivity index (χ0n) is 39.3. The van der Waals surface area contributed by atoms with Crippen LogP contribution in [0.1, 0.15) is 81.1 Å². The lowest BCUT2D eigenvalue weighted by Crippen LogP contribution is -2.33. The van der Waals surface area contributed by atoms with Gasteiger partial charge in [-0.2, -0.15) is 26.3 Å². The smallest absolute Gasteiger partial charge is 0.289 e. The summed E-state index contributed by atoms with van der Waals surface area (Å²) in [6.45, 7) is 0. The number of benzene rings is 12. The van der Waals surface area contributed by atoms with Crippen LogP contribution in [-0.2, 0) is 17.8 Å². The van der Waals surface area contributed by atoms with E-state index >= 15 is 26.3 Å². The Hall–Kier alpha value is -9.21. The fourth-order valence-electron chi connectivity index (χ4n) is 11.0. The molecule has 0 aliphatic heterocycles. The van der Waals surface area contributed by atoms with Crippen molar-refractivity contribution in [3.05, 3.63) is 285 Å². The lowest BCUT2D eigenvalue weighted by Gasteiger charge is -2.34. The van der Waals surface area contributed by atoms with Gasteiger partial charge in [-0.3, -0.25) is 14.4 Å². The standard InChI is InChI=1S/C22H12F4.C22H12F2O.C22H12O2/c23-21(24)17-9-13-5-1-2-6-14(13)10-18(17)22(25,26)20-12-16-8-4-3-7-15(16)11-19(20)21;23-22(24)19-11-15-7-3-1-5-13(15)9-17(19)21(25)18-10-14-6-2-4-8-16(14)12-20(18)22;23-21-17-9-13-5-1-2-6-14(13)10-18(17)22(24)20-12-16-8-4-3-7-15(16)11-19(20)21/h1-12H;1-12H;1-12H. The summed E-state index contributed by atoms with van der Waals surface area (Å²) in [5.74, 6) is -10.7. The topological polar surface area (TPSA) is 51.2 Å². The fraction of sp³-hybridized carbons (Fsp3) is 0.0455. The van der Waals surface area contributed by atoms with Gasteiger partial charge >= 0.3 is 0 Å². The minimum atomic E-state index is -3.49. The van der Waals surface area contributed by atoms with Crippen molar-refractivity contribution in [2.75, 3.05) is 0 Å². The zero-order valence-corrected chi connectivity index (χ0v) is 39.3. The molecule has 360 valence electrons. The molecule has 3 aliphatic rings. The third kappa shape index (κ3) is 7.17. The molecule has 0 aromatic heterocycles. The van der Waals surface area contributed by atoms with Crippen molar-refractivity contribution in [2.45, 2.75) is 17.8 Å². The van der Waals surface area contributed by atoms with Crippen LogP contribution in [0.5, 0.6) is 0 Å². The molecule has 0 unspecified atom stereocenters. The molecule has 12 aromatic rings. The highest BCUT2D eigenvalue weighted by Gasteiger charge is 2.53. The Balaban J connectivity index is 0.000000108. The molecule has 0 atom stereocenters. The molecular formula is C66H36F6O3. The highest BCUT2D eigenvalue weighted by molar-refractivity contribution is 6.30. The van der Waals surface area contributed by atoms with E-state index in [2.05, 4.69) is 0 Å². The second kappa shape index (κ2) is 16.7. The van der Waals surface area contributed by atoms with Crippen LogP contribution in [0.15, 0.2) is 218 Å². The molecule has 12 aromatic carbocycles. The van der Waals surface area contributed by atoms with Gasteiger partial charge in [-0.05, 0) is 137 Å². The Labute approximate surface area is 423 Å². The van der Waals surface area contributed by atoms with Crippen molar-refractivity contribution in [3.63, 3.8) is 0 Å². The molecule has 3 aliphatic carbocycles. The van der Waals surface area contributed by atoms with Gasteiger partial charge in [0.25, 0.3) is 17.8 Å². The van der Waals surface area contributed by atoms with Crippen molar-refractivity contribution in [3.8, 4) is 0 Å². The summed E-state index contributed by atoms with van der Waals surface area (Å²) in [5.41, 5.74) is -0.720. The Morgan fingerprint density at radius 2 is 0.347 bits per heavy atom. The lowest BCUT2D eigenvalue weighted by atomic mass is 9.78. The molecule has 15 rings (SSSR count). The predicted molar refractivity (Wildman–Crippen MR) is 283 cm³/mol. The number of fused-ring (bicyclic) bond motifs is 12. The summed E-state index contributed by atoms with van der Waals surface area (Å²) in [4.78, 5) is 38.9. The number of carbonyl (C=O) groups excluding carboxylic acids is 3. The van der Waals surface area contributed by atoms with Gasteiger partial charge in [-0.1, -0.05) is 146 Å². The molecular weight excluding hydrogens is 955 g/mol. The van der Waals surface area contributed by atoms with E-state index in [9.17, 15) is 14.4 Å². The Morgan fingerprint density at radius 1 is 0.200 bits per heavy atom. The van der Waals surface area contributed by atoms with E-state index in [4.69, 9.17) is 0 Å². The van der Waals surface area contributed by atoms with Crippen LogP contribution in [0.25, 0.3) is 64.6 Å². The Kier molecular flexibility index (Phi) is 10.1. The maximum Gasteiger partial charge on any atom is 0.299 e. The quantitative estimate of drug-likeness (QED) is 0.142. The van der Waals surface area contributed by atoms with Crippen LogP contribution in [0.4, 0.5) is 26.3 Å². The van der Waals surface area contributed by atoms with Gasteiger partial charge in [0.05, 0.1) is 0 Å². The second-order valence-electron chi connectivity index (χ2n) is 19.2. The number of alkyl halides is 6. The average Bonchev–Trinajstić information content (AvgIpc) is 3.48. The van der Waals surface area contributed by atoms with Crippen LogP contribution in [-0.4, -0.2) is 17.3 Å². The molecule has 75 heavy (non-hydrogen) atoms. The second-order valence-corrected chi connectivity index (χ2v) is 19.2. The van der Waals surface area contributed by atoms with Crippen LogP contribution in [0, 0.1) is 0 Å². The maximum atomic E-state index is 15.3. The zero-order chi connectivity index (χ0) is 51.5. The molecule has 9 heteroatoms. The van der Waals surface area contributed by atoms with Crippen LogP contribution >= 0.6 is 0 Å². The van der Waals surface area contributed by atoms with E-state index in [1.807, 2.05) is 97.1 Å². The highest BCUT2D eigenvalue weighted by atomic mass is 19.3. The monoisotopic (exact) mass is 990 g/mol. The molecule has 0 spiro atoms. The van der Waals surface area contributed by atoms with Crippen LogP contribution < -0.4 is 0 Å². The number of halogens is 6. The van der Waals surface area contributed by atoms with E-state index in [1.165, 1.54) is 36.4 Å². The molecule has 0 saturated heterocycles. The SMILES string of the molecule is FC1(F)c2cc3ccccc3cc2C(F)(F)c2cc3ccccc3cc21.O=C1c2cc3ccccc3cc2C(=O)c2cc3ccccc3cc21.O=C1c2cc3ccccc3cc2C(F)(F)c2cc3ccccc3cc21. The first-order valence-electron chi connectivity index (χ1n) is 24.1. The molecule has 3 nitrogen and oxygen atoms in total. The summed E-state index contributed by atoms with van der Waals surface area (Å²) >= 11 is 0. The Morgan fingerprint density at radius 3 is 0.560 bits per heavy atom. The minimum absolute atomic E-state index is 0.0730. The lowest BCUT2D eigenvalue weighted by molar-refractivity contribution is -0.0110. The predicted octanol–water partition coefficient (Wildman–Crippen LogP) is 17.0. The number of rotatable bonds is 0. The first-order valence-corrected chi connectivity index (χ1v) is 24.1. The van der Waals surface area contributed by atoms with Gasteiger partial charge < -0.3 is 0 Å². The van der Waals surface area contributed by atoms with Gasteiger partial charge in [0.2, 0.25) is 0 Å². The van der Waals surface area contributed by atoms with Crippen molar-refractivity contribution >= 4 is 82.0 Å². The molecule has 0 saturated carbocycles. The molecule has 0 heterocycles. The van der Waals surface area contributed by atoms with E-state index in [0.29, 0.717) is 54.6 Å². The van der Waals surface area contributed by atoms with E-state index < -0.39 is 40.0 Å². The summed E-state index contributed by atoms with van der Waals surface area (Å²) in [6.07, 6.45) is 0. The van der Waals surface area contributed by atoms with E-state index in [0.717, 1.165) is 32.3 Å². The number of ketones is 3. The minimum Gasteiger partial charge on any atom is -0.289 e. The van der Waals surface area contributed by atoms with Gasteiger partial charge in [-0.15, -0.1) is 0 Å². The molecule has 0 N–H and O–H groups in total. The summed E-state index contributed by atoms with van der Waals surface area (Å²) < 4.78 is 91.6. The molecule has 0 bridgehead atoms. The maximum absolute atomic E-state index is 15.3. The van der Waals surface area contributed by atoms with Crippen molar-refractivity contribution < 1.29 is 40.7 Å². The summed E-state index contributed by atoms with van der Waals surface area (Å²) in [6, 6.07) is 61.7. The first kappa shape index (κ1) is 45.6. The average molecular weight is 991 g/mol. The van der Waals surface area contributed by atoms with Crippen molar-refractivity contribution in [1.29, 1.82) is 0 Å². The fourth-order valence-corrected chi connectivity index (χ4v) is 11.0. The summed E-state index contributed by atoms with van der Waals surface area (Å²) in [5, 5.41) is 8.96. The highest BCUT2D eigenvalue weighted by Crippen LogP contribution is 2.55.